The summed E-state index contributed by atoms with van der Waals surface area (Å²) in [5.41, 5.74) is 1.06. The molecule has 1 heterocycles. The number of rotatable bonds is 5. The molecule has 0 spiro atoms. The van der Waals surface area contributed by atoms with E-state index in [1.807, 2.05) is 30.3 Å². The van der Waals surface area contributed by atoms with Gasteiger partial charge in [-0.1, -0.05) is 30.3 Å². The van der Waals surface area contributed by atoms with Crippen LogP contribution in [-0.4, -0.2) is 37.8 Å². The molecule has 0 saturated carbocycles. The average molecular weight is 267 g/mol. The normalized spacial score (nSPS) is 21.7. The Labute approximate surface area is 108 Å². The van der Waals surface area contributed by atoms with E-state index in [0.29, 0.717) is 19.5 Å². The molecule has 0 radical (unpaired) electrons. The highest BCUT2D eigenvalue weighted by Crippen LogP contribution is 2.19. The van der Waals surface area contributed by atoms with E-state index in [1.165, 1.54) is 0 Å². The first-order valence-electron chi connectivity index (χ1n) is 6.03. The van der Waals surface area contributed by atoms with E-state index in [-0.39, 0.29) is 17.4 Å². The second-order valence-electron chi connectivity index (χ2n) is 4.79. The summed E-state index contributed by atoms with van der Waals surface area (Å²) in [6.45, 7) is 1.07. The lowest BCUT2D eigenvalue weighted by molar-refractivity contribution is -0.119. The molecule has 5 heteroatoms. The highest BCUT2D eigenvalue weighted by atomic mass is 32.2. The summed E-state index contributed by atoms with van der Waals surface area (Å²) in [5, 5.41) is 0. The Morgan fingerprint density at radius 3 is 2.56 bits per heavy atom. The van der Waals surface area contributed by atoms with Gasteiger partial charge in [-0.05, 0) is 17.9 Å². The Morgan fingerprint density at radius 1 is 1.28 bits per heavy atom. The zero-order valence-electron chi connectivity index (χ0n) is 10.2. The van der Waals surface area contributed by atoms with Crippen LogP contribution in [0.4, 0.5) is 0 Å². The highest BCUT2D eigenvalue weighted by Gasteiger charge is 2.28. The summed E-state index contributed by atoms with van der Waals surface area (Å²) in [6, 6.07) is 9.71. The van der Waals surface area contributed by atoms with Crippen molar-refractivity contribution >= 4 is 16.2 Å². The Kier molecular flexibility index (Phi) is 4.01. The van der Waals surface area contributed by atoms with Gasteiger partial charge >= 0.3 is 0 Å². The smallest absolute Gasteiger partial charge is 0.210 e. The van der Waals surface area contributed by atoms with Gasteiger partial charge in [0.1, 0.15) is 0 Å². The molecule has 1 atom stereocenters. The Hall–Kier alpha value is -1.36. The fraction of sp³-hybridized carbons (Fsp3) is 0.462. The predicted octanol–water partition coefficient (Wildman–Crippen LogP) is 1.08. The van der Waals surface area contributed by atoms with E-state index in [9.17, 15) is 13.2 Å². The molecule has 98 valence electrons. The van der Waals surface area contributed by atoms with Gasteiger partial charge in [-0.15, -0.1) is 0 Å². The lowest BCUT2D eigenvalue weighted by atomic mass is 10.1. The van der Waals surface area contributed by atoms with E-state index in [1.54, 1.807) is 4.90 Å². The zero-order valence-corrected chi connectivity index (χ0v) is 11.0. The number of hydrogen-bond acceptors (Lipinski definition) is 3. The molecule has 18 heavy (non-hydrogen) atoms. The molecule has 1 aromatic rings. The fourth-order valence-electron chi connectivity index (χ4n) is 2.31. The third-order valence-corrected chi connectivity index (χ3v) is 5.03. The van der Waals surface area contributed by atoms with Crippen LogP contribution in [0.2, 0.25) is 0 Å². The number of amides is 1. The summed E-state index contributed by atoms with van der Waals surface area (Å²) in [7, 11) is -2.86. The topological polar surface area (TPSA) is 54.5 Å². The van der Waals surface area contributed by atoms with Gasteiger partial charge in [-0.2, -0.15) is 0 Å². The fourth-order valence-corrected chi connectivity index (χ4v) is 4.16. The van der Waals surface area contributed by atoms with E-state index in [2.05, 4.69) is 0 Å². The molecule has 2 rings (SSSR count). The van der Waals surface area contributed by atoms with Crippen molar-refractivity contribution in [1.29, 1.82) is 0 Å². The third kappa shape index (κ3) is 3.57. The minimum absolute atomic E-state index is 0.0870. The molecule has 0 bridgehead atoms. The Morgan fingerprint density at radius 2 is 2.00 bits per heavy atom. The second-order valence-corrected chi connectivity index (χ2v) is 7.02. The number of sulfone groups is 1. The summed E-state index contributed by atoms with van der Waals surface area (Å²) >= 11 is 0. The molecule has 0 aliphatic carbocycles. The lowest BCUT2D eigenvalue weighted by Gasteiger charge is -2.20. The molecule has 1 fully saturated rings. The van der Waals surface area contributed by atoms with Gasteiger partial charge in [0.25, 0.3) is 0 Å². The monoisotopic (exact) mass is 267 g/mol. The van der Waals surface area contributed by atoms with Gasteiger partial charge in [-0.3, -0.25) is 4.79 Å². The maximum absolute atomic E-state index is 11.4. The van der Waals surface area contributed by atoms with Crippen LogP contribution >= 0.6 is 0 Å². The molecule has 1 aliphatic heterocycles. The van der Waals surface area contributed by atoms with Crippen molar-refractivity contribution in [2.45, 2.75) is 13.0 Å². The average Bonchev–Trinajstić information content (AvgIpc) is 2.69. The van der Waals surface area contributed by atoms with Gasteiger partial charge in [0.05, 0.1) is 11.5 Å². The van der Waals surface area contributed by atoms with Crippen LogP contribution in [0.5, 0.6) is 0 Å². The van der Waals surface area contributed by atoms with Crippen LogP contribution in [0.25, 0.3) is 0 Å². The minimum atomic E-state index is -2.86. The molecule has 1 aromatic carbocycles. The maximum atomic E-state index is 11.4. The quantitative estimate of drug-likeness (QED) is 0.750. The van der Waals surface area contributed by atoms with Crippen LogP contribution in [0.1, 0.15) is 12.0 Å². The largest absolute Gasteiger partial charge is 0.341 e. The zero-order chi connectivity index (χ0) is 13.0. The second kappa shape index (κ2) is 5.52. The molecule has 0 aromatic heterocycles. The Bertz CT molecular complexity index is 498. The highest BCUT2D eigenvalue weighted by molar-refractivity contribution is 7.91. The van der Waals surface area contributed by atoms with Crippen LogP contribution in [0.3, 0.4) is 0 Å². The molecule has 4 nitrogen and oxygen atoms in total. The number of benzene rings is 1. The first-order chi connectivity index (χ1) is 8.59. The van der Waals surface area contributed by atoms with Crippen molar-refractivity contribution in [2.75, 3.05) is 18.1 Å². The third-order valence-electron chi connectivity index (χ3n) is 3.20. The Balaban J connectivity index is 1.92. The minimum Gasteiger partial charge on any atom is -0.341 e. The molecular formula is C13H17NO3S. The van der Waals surface area contributed by atoms with Crippen LogP contribution in [-0.2, 0) is 21.2 Å². The molecule has 1 saturated heterocycles. The van der Waals surface area contributed by atoms with Crippen molar-refractivity contribution in [3.05, 3.63) is 35.9 Å². The first kappa shape index (κ1) is 13.1. The van der Waals surface area contributed by atoms with Crippen LogP contribution in [0, 0.1) is 5.92 Å². The van der Waals surface area contributed by atoms with E-state index in [4.69, 9.17) is 0 Å². The standard InChI is InChI=1S/C13H17NO3S/c15-11-14(8-12-4-2-1-3-5-12)9-13-6-7-18(16,17)10-13/h1-5,11,13H,6-10H2. The molecule has 0 N–H and O–H groups in total. The van der Waals surface area contributed by atoms with E-state index >= 15 is 0 Å². The van der Waals surface area contributed by atoms with E-state index < -0.39 is 9.84 Å². The van der Waals surface area contributed by atoms with Crippen molar-refractivity contribution in [3.8, 4) is 0 Å². The number of carbonyl (C=O) groups is 1. The molecule has 1 unspecified atom stereocenters. The van der Waals surface area contributed by atoms with Gasteiger partial charge in [0.15, 0.2) is 9.84 Å². The van der Waals surface area contributed by atoms with Crippen molar-refractivity contribution in [2.24, 2.45) is 5.92 Å². The molecule has 1 aliphatic rings. The van der Waals surface area contributed by atoms with Gasteiger partial charge in [-0.25, -0.2) is 8.42 Å². The maximum Gasteiger partial charge on any atom is 0.210 e. The van der Waals surface area contributed by atoms with Crippen LogP contribution < -0.4 is 0 Å². The summed E-state index contributed by atoms with van der Waals surface area (Å²) in [5.74, 6) is 0.561. The van der Waals surface area contributed by atoms with Crippen molar-refractivity contribution in [1.82, 2.24) is 4.90 Å². The van der Waals surface area contributed by atoms with E-state index in [0.717, 1.165) is 12.0 Å². The van der Waals surface area contributed by atoms with Crippen molar-refractivity contribution < 1.29 is 13.2 Å². The van der Waals surface area contributed by atoms with Gasteiger partial charge < -0.3 is 4.90 Å². The molecule has 1 amide bonds. The lowest BCUT2D eigenvalue weighted by Crippen LogP contribution is -2.28. The number of nitrogens with zero attached hydrogens (tertiary/aromatic N) is 1. The summed E-state index contributed by atoms with van der Waals surface area (Å²) in [6.07, 6.45) is 1.47. The van der Waals surface area contributed by atoms with Gasteiger partial charge in [0, 0.05) is 13.1 Å². The summed E-state index contributed by atoms with van der Waals surface area (Å²) in [4.78, 5) is 12.7. The van der Waals surface area contributed by atoms with Crippen molar-refractivity contribution in [3.63, 3.8) is 0 Å². The van der Waals surface area contributed by atoms with Crippen LogP contribution in [0.15, 0.2) is 30.3 Å². The number of hydrogen-bond donors (Lipinski definition) is 0. The van der Waals surface area contributed by atoms with Gasteiger partial charge in [0.2, 0.25) is 6.41 Å². The number of carbonyl (C=O) groups excluding carboxylic acids is 1. The first-order valence-corrected chi connectivity index (χ1v) is 7.85. The summed E-state index contributed by atoms with van der Waals surface area (Å²) < 4.78 is 22.7. The molecular weight excluding hydrogens is 250 g/mol. The predicted molar refractivity (Wildman–Crippen MR) is 69.7 cm³/mol. The SMILES string of the molecule is O=CN(Cc1ccccc1)CC1CCS(=O)(=O)C1.